The van der Waals surface area contributed by atoms with E-state index in [4.69, 9.17) is 21.1 Å². The molecule has 1 saturated carbocycles. The lowest BCUT2D eigenvalue weighted by molar-refractivity contribution is 0.166. The van der Waals surface area contributed by atoms with Gasteiger partial charge in [0.25, 0.3) is 0 Å². The normalized spacial score (nSPS) is 22.7. The maximum Gasteiger partial charge on any atom is 0.125 e. The molecule has 3 rings (SSSR count). The Hall–Kier alpha value is -0.770. The Balaban J connectivity index is 1.62. The summed E-state index contributed by atoms with van der Waals surface area (Å²) >= 11 is 6.28. The van der Waals surface area contributed by atoms with Gasteiger partial charge in [-0.05, 0) is 31.4 Å². The standard InChI is InChI=1S/C15H20ClNO2/c16-14-2-1-3-15(13(14)8-17-12-4-5-12)19-10-11-6-7-18-9-11/h1-3,11-12,17H,4-10H2. The topological polar surface area (TPSA) is 30.5 Å². The monoisotopic (exact) mass is 281 g/mol. The molecule has 0 bridgehead atoms. The van der Waals surface area contributed by atoms with E-state index in [1.807, 2.05) is 18.2 Å². The molecule has 19 heavy (non-hydrogen) atoms. The summed E-state index contributed by atoms with van der Waals surface area (Å²) < 4.78 is 11.3. The average Bonchev–Trinajstić information content (AvgIpc) is 3.09. The van der Waals surface area contributed by atoms with Gasteiger partial charge in [0.2, 0.25) is 0 Å². The van der Waals surface area contributed by atoms with Crippen LogP contribution in [-0.4, -0.2) is 25.9 Å². The first-order valence-electron chi connectivity index (χ1n) is 7.04. The van der Waals surface area contributed by atoms with Crippen molar-refractivity contribution in [3.63, 3.8) is 0 Å². The van der Waals surface area contributed by atoms with E-state index in [2.05, 4.69) is 5.32 Å². The maximum absolute atomic E-state index is 6.28. The van der Waals surface area contributed by atoms with Crippen molar-refractivity contribution in [2.75, 3.05) is 19.8 Å². The highest BCUT2D eigenvalue weighted by Gasteiger charge is 2.22. The average molecular weight is 282 g/mol. The number of benzene rings is 1. The van der Waals surface area contributed by atoms with Crippen LogP contribution in [0.15, 0.2) is 18.2 Å². The molecule has 0 aromatic heterocycles. The molecular formula is C15H20ClNO2. The van der Waals surface area contributed by atoms with Crippen LogP contribution in [0.5, 0.6) is 5.75 Å². The summed E-state index contributed by atoms with van der Waals surface area (Å²) in [5, 5.41) is 4.28. The van der Waals surface area contributed by atoms with Crippen LogP contribution < -0.4 is 10.1 Å². The molecule has 0 radical (unpaired) electrons. The minimum Gasteiger partial charge on any atom is -0.493 e. The number of hydrogen-bond donors (Lipinski definition) is 1. The van der Waals surface area contributed by atoms with Crippen LogP contribution in [0.1, 0.15) is 24.8 Å². The van der Waals surface area contributed by atoms with Gasteiger partial charge in [0.1, 0.15) is 5.75 Å². The van der Waals surface area contributed by atoms with Crippen LogP contribution in [0.25, 0.3) is 0 Å². The lowest BCUT2D eigenvalue weighted by Gasteiger charge is -2.15. The Morgan fingerprint density at radius 2 is 2.21 bits per heavy atom. The zero-order valence-electron chi connectivity index (χ0n) is 11.0. The summed E-state index contributed by atoms with van der Waals surface area (Å²) in [6.45, 7) is 3.19. The highest BCUT2D eigenvalue weighted by Crippen LogP contribution is 2.29. The molecule has 4 heteroatoms. The van der Waals surface area contributed by atoms with E-state index in [0.29, 0.717) is 12.0 Å². The minimum atomic E-state index is 0.517. The van der Waals surface area contributed by atoms with Crippen molar-refractivity contribution < 1.29 is 9.47 Å². The van der Waals surface area contributed by atoms with Gasteiger partial charge in [-0.25, -0.2) is 0 Å². The first-order valence-corrected chi connectivity index (χ1v) is 7.42. The first-order chi connectivity index (χ1) is 9.33. The Morgan fingerprint density at radius 1 is 1.32 bits per heavy atom. The van der Waals surface area contributed by atoms with E-state index in [9.17, 15) is 0 Å². The molecule has 1 N–H and O–H groups in total. The van der Waals surface area contributed by atoms with E-state index < -0.39 is 0 Å². The van der Waals surface area contributed by atoms with Gasteiger partial charge in [-0.15, -0.1) is 0 Å². The number of ether oxygens (including phenoxy) is 2. The van der Waals surface area contributed by atoms with Crippen molar-refractivity contribution >= 4 is 11.6 Å². The predicted octanol–water partition coefficient (Wildman–Crippen LogP) is 3.01. The smallest absolute Gasteiger partial charge is 0.125 e. The summed E-state index contributed by atoms with van der Waals surface area (Å²) in [6, 6.07) is 6.55. The molecule has 3 nitrogen and oxygen atoms in total. The molecule has 0 amide bonds. The van der Waals surface area contributed by atoms with Gasteiger partial charge in [0.15, 0.2) is 0 Å². The van der Waals surface area contributed by atoms with Crippen molar-refractivity contribution in [1.82, 2.24) is 5.32 Å². The molecule has 1 aromatic rings. The second-order valence-electron chi connectivity index (χ2n) is 5.41. The molecule has 1 unspecified atom stereocenters. The summed E-state index contributed by atoms with van der Waals surface area (Å²) in [5.74, 6) is 1.43. The molecular weight excluding hydrogens is 262 g/mol. The molecule has 1 aromatic carbocycles. The van der Waals surface area contributed by atoms with Crippen LogP contribution in [0, 0.1) is 5.92 Å². The molecule has 2 fully saturated rings. The number of hydrogen-bond acceptors (Lipinski definition) is 3. The van der Waals surface area contributed by atoms with Gasteiger partial charge >= 0.3 is 0 Å². The Labute approximate surface area is 119 Å². The van der Waals surface area contributed by atoms with Crippen molar-refractivity contribution in [2.24, 2.45) is 5.92 Å². The van der Waals surface area contributed by atoms with Crippen LogP contribution in [0.2, 0.25) is 5.02 Å². The SMILES string of the molecule is Clc1cccc(OCC2CCOC2)c1CNC1CC1. The predicted molar refractivity (Wildman–Crippen MR) is 75.7 cm³/mol. The van der Waals surface area contributed by atoms with Crippen LogP contribution in [-0.2, 0) is 11.3 Å². The summed E-state index contributed by atoms with van der Waals surface area (Å²) in [6.07, 6.45) is 3.65. The molecule has 2 aliphatic rings. The van der Waals surface area contributed by atoms with Crippen molar-refractivity contribution in [1.29, 1.82) is 0 Å². The summed E-state index contributed by atoms with van der Waals surface area (Å²) in [4.78, 5) is 0. The lowest BCUT2D eigenvalue weighted by Crippen LogP contribution is -2.18. The maximum atomic E-state index is 6.28. The van der Waals surface area contributed by atoms with E-state index in [1.54, 1.807) is 0 Å². The van der Waals surface area contributed by atoms with E-state index in [0.717, 1.165) is 49.1 Å². The van der Waals surface area contributed by atoms with E-state index >= 15 is 0 Å². The highest BCUT2D eigenvalue weighted by atomic mass is 35.5. The molecule has 0 spiro atoms. The fourth-order valence-electron chi connectivity index (χ4n) is 2.30. The number of nitrogens with one attached hydrogen (secondary N) is 1. The summed E-state index contributed by atoms with van der Waals surface area (Å²) in [5.41, 5.74) is 1.08. The minimum absolute atomic E-state index is 0.517. The molecule has 1 aliphatic carbocycles. The number of rotatable bonds is 6. The fourth-order valence-corrected chi connectivity index (χ4v) is 2.53. The van der Waals surface area contributed by atoms with Crippen molar-refractivity contribution in [2.45, 2.75) is 31.8 Å². The lowest BCUT2D eigenvalue weighted by atomic mass is 10.1. The second-order valence-corrected chi connectivity index (χ2v) is 5.82. The van der Waals surface area contributed by atoms with Crippen LogP contribution >= 0.6 is 11.6 Å². The van der Waals surface area contributed by atoms with Gasteiger partial charge < -0.3 is 14.8 Å². The quantitative estimate of drug-likeness (QED) is 0.869. The molecule has 104 valence electrons. The Bertz CT molecular complexity index is 428. The van der Waals surface area contributed by atoms with E-state index in [-0.39, 0.29) is 0 Å². The second kappa shape index (κ2) is 6.12. The molecule has 1 saturated heterocycles. The van der Waals surface area contributed by atoms with Gasteiger partial charge in [-0.3, -0.25) is 0 Å². The third-order valence-electron chi connectivity index (χ3n) is 3.72. The van der Waals surface area contributed by atoms with Crippen LogP contribution in [0.3, 0.4) is 0 Å². The summed E-state index contributed by atoms with van der Waals surface area (Å²) in [7, 11) is 0. The zero-order chi connectivity index (χ0) is 13.1. The van der Waals surface area contributed by atoms with Gasteiger partial charge in [-0.1, -0.05) is 17.7 Å². The van der Waals surface area contributed by atoms with E-state index in [1.165, 1.54) is 12.8 Å². The third kappa shape index (κ3) is 3.62. The van der Waals surface area contributed by atoms with Gasteiger partial charge in [0.05, 0.1) is 13.2 Å². The molecule has 1 heterocycles. The highest BCUT2D eigenvalue weighted by molar-refractivity contribution is 6.31. The fraction of sp³-hybridized carbons (Fsp3) is 0.600. The Kier molecular flexibility index (Phi) is 4.26. The number of halogens is 1. The van der Waals surface area contributed by atoms with Crippen LogP contribution in [0.4, 0.5) is 0 Å². The molecule has 1 aliphatic heterocycles. The largest absolute Gasteiger partial charge is 0.493 e. The zero-order valence-corrected chi connectivity index (χ0v) is 11.8. The Morgan fingerprint density at radius 3 is 2.95 bits per heavy atom. The third-order valence-corrected chi connectivity index (χ3v) is 4.07. The first kappa shape index (κ1) is 13.2. The molecule has 1 atom stereocenters. The van der Waals surface area contributed by atoms with Crippen molar-refractivity contribution in [3.05, 3.63) is 28.8 Å². The van der Waals surface area contributed by atoms with Gasteiger partial charge in [0, 0.05) is 35.7 Å². The van der Waals surface area contributed by atoms with Gasteiger partial charge in [-0.2, -0.15) is 0 Å². The van der Waals surface area contributed by atoms with Crippen molar-refractivity contribution in [3.8, 4) is 5.75 Å².